The number of carbonyl (C=O) groups is 1. The van der Waals surface area contributed by atoms with E-state index in [-0.39, 0.29) is 17.6 Å². The van der Waals surface area contributed by atoms with E-state index < -0.39 is 0 Å². The number of piperidine rings is 1. The van der Waals surface area contributed by atoms with Gasteiger partial charge in [-0.25, -0.2) is 4.39 Å². The third-order valence-electron chi connectivity index (χ3n) is 5.67. The summed E-state index contributed by atoms with van der Waals surface area (Å²) in [5.41, 5.74) is 2.83. The minimum Gasteiger partial charge on any atom is -0.497 e. The van der Waals surface area contributed by atoms with Crippen LogP contribution in [0.1, 0.15) is 18.4 Å². The molecule has 1 fully saturated rings. The van der Waals surface area contributed by atoms with Crippen molar-refractivity contribution < 1.29 is 13.9 Å². The number of hydrogen-bond acceptors (Lipinski definition) is 5. The van der Waals surface area contributed by atoms with Crippen LogP contribution in [0.3, 0.4) is 0 Å². The Labute approximate surface area is 181 Å². The normalized spacial score (nSPS) is 14.4. The molecular weight excluding hydrogens is 395 g/mol. The average molecular weight is 420 g/mol. The molecule has 7 heteroatoms. The summed E-state index contributed by atoms with van der Waals surface area (Å²) in [5.74, 6) is 1.12. The number of nitrogens with one attached hydrogen (secondary N) is 1. The first-order valence-electron chi connectivity index (χ1n) is 10.3. The molecule has 3 aromatic rings. The van der Waals surface area contributed by atoms with Crippen molar-refractivity contribution in [3.63, 3.8) is 0 Å². The van der Waals surface area contributed by atoms with Crippen LogP contribution < -0.4 is 15.0 Å². The maximum Gasteiger partial charge on any atom is 0.227 e. The Morgan fingerprint density at radius 3 is 2.42 bits per heavy atom. The van der Waals surface area contributed by atoms with Crippen molar-refractivity contribution in [3.05, 3.63) is 66.0 Å². The molecule has 1 aliphatic rings. The van der Waals surface area contributed by atoms with Crippen molar-refractivity contribution in [1.82, 2.24) is 10.2 Å². The van der Waals surface area contributed by atoms with Gasteiger partial charge in [-0.2, -0.15) is 0 Å². The Kier molecular flexibility index (Phi) is 6.11. The lowest BCUT2D eigenvalue weighted by Gasteiger charge is -2.31. The molecule has 2 heterocycles. The number of methoxy groups -OCH3 is 1. The molecule has 0 bridgehead atoms. The number of nitrogens with zero attached hydrogens (tertiary/aromatic N) is 3. The van der Waals surface area contributed by atoms with Gasteiger partial charge in [-0.3, -0.25) is 4.79 Å². The molecule has 0 saturated carbocycles. The molecule has 1 N–H and O–H groups in total. The number of aryl methyl sites for hydroxylation is 1. The second kappa shape index (κ2) is 9.12. The van der Waals surface area contributed by atoms with Gasteiger partial charge in [-0.05, 0) is 73.9 Å². The fourth-order valence-electron chi connectivity index (χ4n) is 3.70. The molecule has 1 aliphatic heterocycles. The van der Waals surface area contributed by atoms with E-state index in [0.717, 1.165) is 35.9 Å². The quantitative estimate of drug-likeness (QED) is 0.660. The highest BCUT2D eigenvalue weighted by molar-refractivity contribution is 5.92. The molecule has 160 valence electrons. The summed E-state index contributed by atoms with van der Waals surface area (Å²) < 4.78 is 18.9. The van der Waals surface area contributed by atoms with Gasteiger partial charge in [0.1, 0.15) is 11.6 Å². The minimum atomic E-state index is -0.315. The lowest BCUT2D eigenvalue weighted by atomic mass is 9.95. The molecule has 1 aromatic heterocycles. The monoisotopic (exact) mass is 420 g/mol. The lowest BCUT2D eigenvalue weighted by Crippen LogP contribution is -2.38. The molecule has 2 aromatic carbocycles. The summed E-state index contributed by atoms with van der Waals surface area (Å²) in [7, 11) is 1.64. The van der Waals surface area contributed by atoms with Gasteiger partial charge in [0.05, 0.1) is 12.8 Å². The van der Waals surface area contributed by atoms with Crippen LogP contribution in [0.2, 0.25) is 0 Å². The van der Waals surface area contributed by atoms with E-state index in [1.165, 1.54) is 6.07 Å². The van der Waals surface area contributed by atoms with Gasteiger partial charge in [0.25, 0.3) is 0 Å². The first kappa shape index (κ1) is 20.8. The fourth-order valence-corrected chi connectivity index (χ4v) is 3.70. The van der Waals surface area contributed by atoms with Crippen LogP contribution in [0.25, 0.3) is 11.3 Å². The number of amides is 1. The van der Waals surface area contributed by atoms with Gasteiger partial charge < -0.3 is 15.0 Å². The van der Waals surface area contributed by atoms with E-state index in [1.807, 2.05) is 36.4 Å². The number of halogens is 1. The Morgan fingerprint density at radius 2 is 1.81 bits per heavy atom. The molecule has 0 atom stereocenters. The zero-order valence-electron chi connectivity index (χ0n) is 17.6. The summed E-state index contributed by atoms with van der Waals surface area (Å²) in [4.78, 5) is 14.7. The number of rotatable bonds is 5. The summed E-state index contributed by atoms with van der Waals surface area (Å²) in [6, 6.07) is 16.4. The number of aromatic nitrogens is 2. The highest BCUT2D eigenvalue weighted by Gasteiger charge is 2.26. The minimum absolute atomic E-state index is 0.0659. The Balaban J connectivity index is 1.33. The van der Waals surface area contributed by atoms with Crippen molar-refractivity contribution in [1.29, 1.82) is 0 Å². The third kappa shape index (κ3) is 4.82. The predicted molar refractivity (Wildman–Crippen MR) is 119 cm³/mol. The zero-order valence-corrected chi connectivity index (χ0v) is 17.6. The second-order valence-electron chi connectivity index (χ2n) is 7.72. The smallest absolute Gasteiger partial charge is 0.227 e. The summed E-state index contributed by atoms with van der Waals surface area (Å²) >= 11 is 0. The molecular formula is C24H25FN4O2. The Bertz CT molecular complexity index is 1050. The third-order valence-corrected chi connectivity index (χ3v) is 5.67. The SMILES string of the molecule is COc1ccc(-c2ccc(N3CCC(C(=O)Nc4ccc(C)c(F)c4)CC3)nn2)cc1. The first-order valence-corrected chi connectivity index (χ1v) is 10.3. The maximum atomic E-state index is 13.7. The Morgan fingerprint density at radius 1 is 1.06 bits per heavy atom. The Hall–Kier alpha value is -3.48. The predicted octanol–water partition coefficient (Wildman–Crippen LogP) is 4.45. The van der Waals surface area contributed by atoms with Crippen LogP contribution in [0, 0.1) is 18.7 Å². The van der Waals surface area contributed by atoms with Crippen LogP contribution in [0.4, 0.5) is 15.9 Å². The highest BCUT2D eigenvalue weighted by atomic mass is 19.1. The molecule has 6 nitrogen and oxygen atoms in total. The van der Waals surface area contributed by atoms with Crippen LogP contribution in [-0.4, -0.2) is 36.3 Å². The fraction of sp³-hybridized carbons (Fsp3) is 0.292. The molecule has 4 rings (SSSR count). The summed E-state index contributed by atoms with van der Waals surface area (Å²) in [6.45, 7) is 3.14. The van der Waals surface area contributed by atoms with E-state index in [9.17, 15) is 9.18 Å². The number of hydrogen-bond donors (Lipinski definition) is 1. The van der Waals surface area contributed by atoms with E-state index >= 15 is 0 Å². The molecule has 0 aliphatic carbocycles. The van der Waals surface area contributed by atoms with Crippen LogP contribution >= 0.6 is 0 Å². The molecule has 0 radical (unpaired) electrons. The molecule has 31 heavy (non-hydrogen) atoms. The van der Waals surface area contributed by atoms with Gasteiger partial charge in [-0.1, -0.05) is 6.07 Å². The zero-order chi connectivity index (χ0) is 21.8. The van der Waals surface area contributed by atoms with Crippen molar-refractivity contribution >= 4 is 17.4 Å². The van der Waals surface area contributed by atoms with E-state index in [1.54, 1.807) is 26.2 Å². The molecule has 1 saturated heterocycles. The average Bonchev–Trinajstić information content (AvgIpc) is 2.82. The van der Waals surface area contributed by atoms with Gasteiger partial charge in [-0.15, -0.1) is 10.2 Å². The maximum absolute atomic E-state index is 13.7. The molecule has 1 amide bonds. The van der Waals surface area contributed by atoms with E-state index in [4.69, 9.17) is 4.74 Å². The van der Waals surface area contributed by atoms with Crippen molar-refractivity contribution in [2.75, 3.05) is 30.4 Å². The number of benzene rings is 2. The van der Waals surface area contributed by atoms with Crippen molar-refractivity contribution in [2.24, 2.45) is 5.92 Å². The lowest BCUT2D eigenvalue weighted by molar-refractivity contribution is -0.120. The topological polar surface area (TPSA) is 67.3 Å². The highest BCUT2D eigenvalue weighted by Crippen LogP contribution is 2.25. The van der Waals surface area contributed by atoms with Crippen molar-refractivity contribution in [3.8, 4) is 17.0 Å². The molecule has 0 unspecified atom stereocenters. The number of carbonyl (C=O) groups excluding carboxylic acids is 1. The number of ether oxygens (including phenoxy) is 1. The van der Waals surface area contributed by atoms with Crippen molar-refractivity contribution in [2.45, 2.75) is 19.8 Å². The van der Waals surface area contributed by atoms with Crippen LogP contribution in [0.15, 0.2) is 54.6 Å². The first-order chi connectivity index (χ1) is 15.0. The summed E-state index contributed by atoms with van der Waals surface area (Å²) in [6.07, 6.45) is 1.42. The van der Waals surface area contributed by atoms with E-state index in [0.29, 0.717) is 24.1 Å². The molecule has 0 spiro atoms. The summed E-state index contributed by atoms with van der Waals surface area (Å²) in [5, 5.41) is 11.6. The van der Waals surface area contributed by atoms with Gasteiger partial charge in [0.15, 0.2) is 5.82 Å². The number of anilines is 2. The van der Waals surface area contributed by atoms with Crippen LogP contribution in [0.5, 0.6) is 5.75 Å². The van der Waals surface area contributed by atoms with Crippen LogP contribution in [-0.2, 0) is 4.79 Å². The van der Waals surface area contributed by atoms with Gasteiger partial charge in [0, 0.05) is 30.3 Å². The van der Waals surface area contributed by atoms with Gasteiger partial charge in [0.2, 0.25) is 5.91 Å². The standard InChI is InChI=1S/C24H25FN4O2/c1-16-3-6-19(15-21(16)25)26-24(30)18-11-13-29(14-12-18)23-10-9-22(27-28-23)17-4-7-20(31-2)8-5-17/h3-10,15,18H,11-14H2,1-2H3,(H,26,30). The second-order valence-corrected chi connectivity index (χ2v) is 7.72. The largest absolute Gasteiger partial charge is 0.497 e. The van der Waals surface area contributed by atoms with Gasteiger partial charge >= 0.3 is 0 Å². The van der Waals surface area contributed by atoms with E-state index in [2.05, 4.69) is 20.4 Å².